The fraction of sp³-hybridized carbons (Fsp3) is 0.500. The minimum Gasteiger partial charge on any atom is -0.445 e. The maximum atomic E-state index is 12.8. The lowest BCUT2D eigenvalue weighted by Crippen LogP contribution is -2.46. The molecule has 6 heteroatoms. The summed E-state index contributed by atoms with van der Waals surface area (Å²) in [4.78, 5) is 19.4. The van der Waals surface area contributed by atoms with Gasteiger partial charge in [0.1, 0.15) is 6.61 Å². The zero-order valence-electron chi connectivity index (χ0n) is 19.1. The molecule has 0 bridgehead atoms. The van der Waals surface area contributed by atoms with Gasteiger partial charge in [0.15, 0.2) is 0 Å². The lowest BCUT2D eigenvalue weighted by Gasteiger charge is -2.38. The van der Waals surface area contributed by atoms with E-state index in [1.807, 2.05) is 37.4 Å². The summed E-state index contributed by atoms with van der Waals surface area (Å²) in [5.41, 5.74) is 4.84. The maximum absolute atomic E-state index is 12.8. The number of rotatable bonds is 7. The van der Waals surface area contributed by atoms with Crippen molar-refractivity contribution in [1.82, 2.24) is 9.80 Å². The number of carbonyl (C=O) groups excluding carboxylic acids is 1. The number of aliphatic hydroxyl groups excluding tert-OH is 1. The van der Waals surface area contributed by atoms with Crippen LogP contribution in [0.25, 0.3) is 0 Å². The van der Waals surface area contributed by atoms with Crippen LogP contribution in [0.2, 0.25) is 0 Å². The second-order valence-corrected chi connectivity index (χ2v) is 8.85. The summed E-state index contributed by atoms with van der Waals surface area (Å²) in [5, 5.41) is 9.07. The Labute approximate surface area is 191 Å². The van der Waals surface area contributed by atoms with Gasteiger partial charge in [-0.1, -0.05) is 36.4 Å². The summed E-state index contributed by atoms with van der Waals surface area (Å²) >= 11 is 0. The van der Waals surface area contributed by atoms with Crippen molar-refractivity contribution in [2.45, 2.75) is 38.3 Å². The Morgan fingerprint density at radius 3 is 2.66 bits per heavy atom. The molecule has 1 aliphatic carbocycles. The summed E-state index contributed by atoms with van der Waals surface area (Å²) in [6.45, 7) is 5.54. The van der Waals surface area contributed by atoms with Gasteiger partial charge in [0.2, 0.25) is 0 Å². The van der Waals surface area contributed by atoms with Crippen molar-refractivity contribution in [3.05, 3.63) is 65.2 Å². The number of benzene rings is 2. The van der Waals surface area contributed by atoms with Gasteiger partial charge in [-0.2, -0.15) is 0 Å². The fourth-order valence-corrected chi connectivity index (χ4v) is 4.83. The van der Waals surface area contributed by atoms with E-state index in [1.165, 1.54) is 16.8 Å². The predicted octanol–water partition coefficient (Wildman–Crippen LogP) is 3.84. The summed E-state index contributed by atoms with van der Waals surface area (Å²) in [7, 11) is 1.86. The molecule has 1 atom stereocenters. The Balaban J connectivity index is 1.41. The average Bonchev–Trinajstić information content (AvgIpc) is 2.86. The van der Waals surface area contributed by atoms with Gasteiger partial charge >= 0.3 is 6.09 Å². The molecule has 1 fully saturated rings. The third-order valence-electron chi connectivity index (χ3n) is 6.74. The van der Waals surface area contributed by atoms with Gasteiger partial charge < -0.3 is 19.6 Å². The van der Waals surface area contributed by atoms with Crippen molar-refractivity contribution in [3.8, 4) is 0 Å². The van der Waals surface area contributed by atoms with Crippen LogP contribution < -0.4 is 4.90 Å². The standard InChI is InChI=1S/C26H35N3O3/c1-27(26(31)32-20-21-7-3-2-4-8-21)25-10-5-9-22-11-12-23(19-24(22)25)29-16-14-28(15-17-29)13-6-18-30/h2-4,7-8,11-12,19,25,30H,5-6,9-10,13-18,20H2,1H3. The number of anilines is 1. The molecule has 2 aliphatic rings. The number of fused-ring (bicyclic) bond motifs is 1. The van der Waals surface area contributed by atoms with Crippen LogP contribution in [-0.4, -0.2) is 67.4 Å². The Bertz CT molecular complexity index is 881. The summed E-state index contributed by atoms with van der Waals surface area (Å²) in [5.74, 6) is 0. The minimum absolute atomic E-state index is 0.0489. The quantitative estimate of drug-likeness (QED) is 0.713. The third-order valence-corrected chi connectivity index (χ3v) is 6.74. The van der Waals surface area contributed by atoms with Crippen molar-refractivity contribution in [3.63, 3.8) is 0 Å². The molecular weight excluding hydrogens is 402 g/mol. The molecule has 2 aromatic carbocycles. The second-order valence-electron chi connectivity index (χ2n) is 8.85. The summed E-state index contributed by atoms with van der Waals surface area (Å²) < 4.78 is 5.60. The number of nitrogens with zero attached hydrogens (tertiary/aromatic N) is 3. The lowest BCUT2D eigenvalue weighted by atomic mass is 9.86. The number of ether oxygens (including phenoxy) is 1. The molecule has 172 valence electrons. The van der Waals surface area contributed by atoms with Crippen molar-refractivity contribution in [2.24, 2.45) is 0 Å². The van der Waals surface area contributed by atoms with E-state index in [2.05, 4.69) is 28.0 Å². The van der Waals surface area contributed by atoms with Gasteiger partial charge in [0.25, 0.3) is 0 Å². The number of aryl methyl sites for hydroxylation is 1. The van der Waals surface area contributed by atoms with Gasteiger partial charge in [-0.3, -0.25) is 4.90 Å². The number of carbonyl (C=O) groups is 1. The third kappa shape index (κ3) is 5.43. The van der Waals surface area contributed by atoms with E-state index in [-0.39, 0.29) is 18.7 Å². The second kappa shape index (κ2) is 10.8. The predicted molar refractivity (Wildman–Crippen MR) is 127 cm³/mol. The van der Waals surface area contributed by atoms with E-state index < -0.39 is 0 Å². The van der Waals surface area contributed by atoms with Crippen molar-refractivity contribution in [2.75, 3.05) is 51.3 Å². The average molecular weight is 438 g/mol. The largest absolute Gasteiger partial charge is 0.445 e. The topological polar surface area (TPSA) is 56.2 Å². The van der Waals surface area contributed by atoms with E-state index in [0.29, 0.717) is 6.61 Å². The summed E-state index contributed by atoms with van der Waals surface area (Å²) in [6.07, 6.45) is 3.68. The first-order valence-electron chi connectivity index (χ1n) is 11.8. The van der Waals surface area contributed by atoms with E-state index in [0.717, 1.165) is 64.0 Å². The Morgan fingerprint density at radius 2 is 1.91 bits per heavy atom. The maximum Gasteiger partial charge on any atom is 0.410 e. The molecule has 32 heavy (non-hydrogen) atoms. The van der Waals surface area contributed by atoms with Crippen molar-refractivity contribution in [1.29, 1.82) is 0 Å². The van der Waals surface area contributed by atoms with E-state index in [1.54, 1.807) is 4.90 Å². The number of hydrogen-bond acceptors (Lipinski definition) is 5. The number of piperazine rings is 1. The molecule has 0 radical (unpaired) electrons. The van der Waals surface area contributed by atoms with Gasteiger partial charge in [0, 0.05) is 52.1 Å². The number of amides is 1. The highest BCUT2D eigenvalue weighted by atomic mass is 16.6. The molecule has 0 aromatic heterocycles. The molecule has 1 saturated heterocycles. The van der Waals surface area contributed by atoms with E-state index >= 15 is 0 Å². The first-order valence-corrected chi connectivity index (χ1v) is 11.8. The zero-order chi connectivity index (χ0) is 22.3. The van der Waals surface area contributed by atoms with E-state index in [4.69, 9.17) is 9.84 Å². The van der Waals surface area contributed by atoms with Gasteiger partial charge in [-0.15, -0.1) is 0 Å². The smallest absolute Gasteiger partial charge is 0.410 e. The van der Waals surface area contributed by atoms with Crippen LogP contribution in [0.5, 0.6) is 0 Å². The molecule has 1 unspecified atom stereocenters. The van der Waals surface area contributed by atoms with Crippen LogP contribution in [0, 0.1) is 0 Å². The highest BCUT2D eigenvalue weighted by Crippen LogP contribution is 2.36. The lowest BCUT2D eigenvalue weighted by molar-refractivity contribution is 0.0876. The molecule has 1 amide bonds. The number of aliphatic hydroxyl groups is 1. The van der Waals surface area contributed by atoms with Gasteiger partial charge in [-0.05, 0) is 54.5 Å². The fourth-order valence-electron chi connectivity index (χ4n) is 4.83. The van der Waals surface area contributed by atoms with Crippen molar-refractivity contribution >= 4 is 11.8 Å². The number of hydrogen-bond donors (Lipinski definition) is 1. The normalized spacial score (nSPS) is 18.8. The molecular formula is C26H35N3O3. The first-order chi connectivity index (χ1) is 15.7. The van der Waals surface area contributed by atoms with Crippen LogP contribution in [0.1, 0.15) is 42.0 Å². The highest BCUT2D eigenvalue weighted by Gasteiger charge is 2.29. The molecule has 1 heterocycles. The SMILES string of the molecule is CN(C(=O)OCc1ccccc1)C1CCCc2ccc(N3CCN(CCCO)CC3)cc21. The minimum atomic E-state index is -0.269. The molecule has 0 saturated carbocycles. The van der Waals surface area contributed by atoms with Crippen molar-refractivity contribution < 1.29 is 14.6 Å². The monoisotopic (exact) mass is 437 g/mol. The first kappa shape index (κ1) is 22.6. The Kier molecular flexibility index (Phi) is 7.66. The van der Waals surface area contributed by atoms with Crippen LogP contribution in [0.15, 0.2) is 48.5 Å². The molecule has 1 N–H and O–H groups in total. The Morgan fingerprint density at radius 1 is 1.12 bits per heavy atom. The Hall–Kier alpha value is -2.57. The van der Waals surface area contributed by atoms with Crippen LogP contribution in [-0.2, 0) is 17.8 Å². The molecule has 0 spiro atoms. The van der Waals surface area contributed by atoms with E-state index in [9.17, 15) is 4.79 Å². The molecule has 1 aliphatic heterocycles. The van der Waals surface area contributed by atoms with Crippen LogP contribution >= 0.6 is 0 Å². The van der Waals surface area contributed by atoms with Crippen LogP contribution in [0.3, 0.4) is 0 Å². The van der Waals surface area contributed by atoms with Gasteiger partial charge in [-0.25, -0.2) is 4.79 Å². The summed E-state index contributed by atoms with van der Waals surface area (Å²) in [6, 6.07) is 16.6. The zero-order valence-corrected chi connectivity index (χ0v) is 19.1. The van der Waals surface area contributed by atoms with Gasteiger partial charge in [0.05, 0.1) is 6.04 Å². The highest BCUT2D eigenvalue weighted by molar-refractivity contribution is 5.68. The molecule has 4 rings (SSSR count). The molecule has 2 aromatic rings. The van der Waals surface area contributed by atoms with Crippen LogP contribution in [0.4, 0.5) is 10.5 Å². The molecule has 6 nitrogen and oxygen atoms in total.